The van der Waals surface area contributed by atoms with Crippen molar-refractivity contribution in [2.24, 2.45) is 0 Å². The first-order chi connectivity index (χ1) is 8.71. The molecule has 1 aliphatic rings. The summed E-state index contributed by atoms with van der Waals surface area (Å²) in [6.45, 7) is 0.263. The van der Waals surface area contributed by atoms with Crippen molar-refractivity contribution in [1.29, 1.82) is 0 Å². The van der Waals surface area contributed by atoms with Crippen LogP contribution in [0.4, 0.5) is 13.2 Å². The highest BCUT2D eigenvalue weighted by Crippen LogP contribution is 2.20. The van der Waals surface area contributed by atoms with Crippen molar-refractivity contribution in [3.05, 3.63) is 0 Å². The lowest BCUT2D eigenvalue weighted by atomic mass is 10.3. The van der Waals surface area contributed by atoms with Crippen LogP contribution in [0.3, 0.4) is 0 Å². The van der Waals surface area contributed by atoms with Gasteiger partial charge >= 0.3 is 6.18 Å². The predicted octanol–water partition coefficient (Wildman–Crippen LogP) is 1.73. The van der Waals surface area contributed by atoms with Crippen LogP contribution in [0.5, 0.6) is 0 Å². The average molecular weight is 302 g/mol. The van der Waals surface area contributed by atoms with Crippen molar-refractivity contribution in [3.63, 3.8) is 0 Å². The minimum atomic E-state index is -4.32. The smallest absolute Gasteiger partial charge is 0.314 e. The van der Waals surface area contributed by atoms with E-state index in [0.29, 0.717) is 12.5 Å². The summed E-state index contributed by atoms with van der Waals surface area (Å²) in [5, 5.41) is 3.26. The van der Waals surface area contributed by atoms with E-state index in [2.05, 4.69) is 5.32 Å². The normalized spacial score (nSPS) is 17.1. The summed E-state index contributed by atoms with van der Waals surface area (Å²) in [5.41, 5.74) is 0. The maximum Gasteiger partial charge on any atom is 0.390 e. The van der Waals surface area contributed by atoms with Gasteiger partial charge in [-0.15, -0.1) is 0 Å². The van der Waals surface area contributed by atoms with Crippen LogP contribution >= 0.6 is 0 Å². The largest absolute Gasteiger partial charge is 0.390 e. The van der Waals surface area contributed by atoms with E-state index in [1.807, 2.05) is 0 Å². The fourth-order valence-corrected chi connectivity index (χ4v) is 2.83. The Labute approximate surface area is 112 Å². The fourth-order valence-electron chi connectivity index (χ4n) is 1.58. The van der Waals surface area contributed by atoms with Gasteiger partial charge in [-0.1, -0.05) is 0 Å². The van der Waals surface area contributed by atoms with E-state index in [1.165, 1.54) is 19.9 Å². The Balaban J connectivity index is 2.17. The first-order valence-electron chi connectivity index (χ1n) is 6.45. The van der Waals surface area contributed by atoms with E-state index < -0.39 is 29.2 Å². The molecule has 19 heavy (non-hydrogen) atoms. The number of halogens is 3. The lowest BCUT2D eigenvalue weighted by molar-refractivity contribution is -0.135. The molecule has 1 saturated carbocycles. The van der Waals surface area contributed by atoms with E-state index >= 15 is 0 Å². The molecule has 1 fully saturated rings. The third kappa shape index (κ3) is 7.74. The second-order valence-corrected chi connectivity index (χ2v) is 7.13. The monoisotopic (exact) mass is 302 g/mol. The third-order valence-corrected chi connectivity index (χ3v) is 4.96. The Kier molecular flexibility index (Phi) is 6.07. The molecule has 1 rings (SSSR count). The second kappa shape index (κ2) is 6.90. The number of nitrogens with zero attached hydrogens (tertiary/aromatic N) is 1. The molecule has 0 spiro atoms. The summed E-state index contributed by atoms with van der Waals surface area (Å²) in [5.74, 6) is -0.0896. The zero-order valence-electron chi connectivity index (χ0n) is 11.0. The molecule has 8 heteroatoms. The van der Waals surface area contributed by atoms with Crippen LogP contribution in [0.2, 0.25) is 0 Å². The van der Waals surface area contributed by atoms with Crippen molar-refractivity contribution in [1.82, 2.24) is 9.62 Å². The Bertz CT molecular complexity index is 367. The fraction of sp³-hybridized carbons (Fsp3) is 1.00. The summed E-state index contributed by atoms with van der Waals surface area (Å²) in [6, 6.07) is 0.589. The Hall–Kier alpha value is -0.340. The van der Waals surface area contributed by atoms with E-state index in [1.54, 1.807) is 0 Å². The topological polar surface area (TPSA) is 49.4 Å². The lowest BCUT2D eigenvalue weighted by Crippen LogP contribution is -2.32. The summed E-state index contributed by atoms with van der Waals surface area (Å²) < 4.78 is 60.2. The van der Waals surface area contributed by atoms with Gasteiger partial charge in [0.25, 0.3) is 0 Å². The summed E-state index contributed by atoms with van der Waals surface area (Å²) in [7, 11) is -2.36. The maximum absolute atomic E-state index is 12.0. The third-order valence-electron chi connectivity index (χ3n) is 3.02. The van der Waals surface area contributed by atoms with Crippen LogP contribution < -0.4 is 5.32 Å². The number of hydrogen-bond acceptors (Lipinski definition) is 3. The van der Waals surface area contributed by atoms with E-state index in [9.17, 15) is 21.6 Å². The molecule has 0 aliphatic heterocycles. The molecule has 0 saturated heterocycles. The molecule has 0 bridgehead atoms. The van der Waals surface area contributed by atoms with Gasteiger partial charge in [-0.2, -0.15) is 13.2 Å². The van der Waals surface area contributed by atoms with Gasteiger partial charge < -0.3 is 5.32 Å². The van der Waals surface area contributed by atoms with E-state index in [0.717, 1.165) is 17.3 Å². The maximum atomic E-state index is 12.0. The highest BCUT2D eigenvalue weighted by Gasteiger charge is 2.29. The van der Waals surface area contributed by atoms with Crippen LogP contribution in [0.1, 0.15) is 32.1 Å². The van der Waals surface area contributed by atoms with Gasteiger partial charge in [-0.25, -0.2) is 12.7 Å². The van der Waals surface area contributed by atoms with Crippen molar-refractivity contribution < 1.29 is 21.6 Å². The molecule has 0 radical (unpaired) electrons. The zero-order chi connectivity index (χ0) is 14.5. The molecule has 0 aromatic rings. The molecular weight excluding hydrogens is 281 g/mol. The number of unbranched alkanes of at least 4 members (excludes halogenated alkanes) is 1. The lowest BCUT2D eigenvalue weighted by Gasteiger charge is -2.17. The van der Waals surface area contributed by atoms with Crippen molar-refractivity contribution in [2.45, 2.75) is 44.3 Å². The van der Waals surface area contributed by atoms with Gasteiger partial charge in [-0.05, 0) is 32.2 Å². The molecule has 114 valence electrons. The molecule has 0 heterocycles. The number of sulfonamides is 1. The van der Waals surface area contributed by atoms with Crippen molar-refractivity contribution >= 4 is 10.0 Å². The minimum absolute atomic E-state index is 0.0896. The van der Waals surface area contributed by atoms with Gasteiger partial charge in [0.15, 0.2) is 0 Å². The van der Waals surface area contributed by atoms with Crippen molar-refractivity contribution in [2.75, 3.05) is 25.9 Å². The Morgan fingerprint density at radius 2 is 1.89 bits per heavy atom. The summed E-state index contributed by atoms with van der Waals surface area (Å²) in [4.78, 5) is 0. The number of alkyl halides is 3. The minimum Gasteiger partial charge on any atom is -0.314 e. The molecule has 0 unspecified atom stereocenters. The number of hydrogen-bond donors (Lipinski definition) is 1. The first-order valence-corrected chi connectivity index (χ1v) is 8.06. The zero-order valence-corrected chi connectivity index (χ0v) is 11.9. The van der Waals surface area contributed by atoms with Gasteiger partial charge in [0.1, 0.15) is 0 Å². The summed E-state index contributed by atoms with van der Waals surface area (Å²) in [6.07, 6.45) is -1.87. The quantitative estimate of drug-likeness (QED) is 0.660. The average Bonchev–Trinajstić information content (AvgIpc) is 3.08. The predicted molar refractivity (Wildman–Crippen MR) is 67.3 cm³/mol. The van der Waals surface area contributed by atoms with Gasteiger partial charge in [0.2, 0.25) is 10.0 Å². The van der Waals surface area contributed by atoms with Crippen LogP contribution in [0, 0.1) is 0 Å². The number of nitrogens with one attached hydrogen (secondary N) is 1. The molecular formula is C11H21F3N2O2S. The van der Waals surface area contributed by atoms with Crippen LogP contribution in [0.15, 0.2) is 0 Å². The van der Waals surface area contributed by atoms with Gasteiger partial charge in [0.05, 0.1) is 12.2 Å². The Morgan fingerprint density at radius 1 is 1.26 bits per heavy atom. The summed E-state index contributed by atoms with van der Waals surface area (Å²) >= 11 is 0. The Morgan fingerprint density at radius 3 is 2.42 bits per heavy atom. The standard InChI is InChI=1S/C11H21F3N2O2S/c1-16(8-6-11(12,13)14)19(17,18)9-3-2-7-15-10-4-5-10/h10,15H,2-9H2,1H3. The molecule has 1 N–H and O–H groups in total. The van der Waals surface area contributed by atoms with E-state index in [4.69, 9.17) is 0 Å². The second-order valence-electron chi connectivity index (χ2n) is 4.94. The van der Waals surface area contributed by atoms with Gasteiger partial charge in [0, 0.05) is 19.6 Å². The highest BCUT2D eigenvalue weighted by molar-refractivity contribution is 7.89. The number of rotatable bonds is 9. The first kappa shape index (κ1) is 16.7. The van der Waals surface area contributed by atoms with Crippen molar-refractivity contribution in [3.8, 4) is 0 Å². The molecule has 4 nitrogen and oxygen atoms in total. The molecule has 0 atom stereocenters. The van der Waals surface area contributed by atoms with Gasteiger partial charge in [-0.3, -0.25) is 0 Å². The van der Waals surface area contributed by atoms with Crippen LogP contribution in [-0.4, -0.2) is 50.8 Å². The highest BCUT2D eigenvalue weighted by atomic mass is 32.2. The SMILES string of the molecule is CN(CCC(F)(F)F)S(=O)(=O)CCCCNC1CC1. The van der Waals surface area contributed by atoms with Crippen LogP contribution in [-0.2, 0) is 10.0 Å². The molecule has 0 amide bonds. The molecule has 1 aliphatic carbocycles. The van der Waals surface area contributed by atoms with Crippen LogP contribution in [0.25, 0.3) is 0 Å². The van der Waals surface area contributed by atoms with E-state index in [-0.39, 0.29) is 5.75 Å². The molecule has 0 aromatic heterocycles. The molecule has 0 aromatic carbocycles.